The summed E-state index contributed by atoms with van der Waals surface area (Å²) in [6.07, 6.45) is 2.07. The summed E-state index contributed by atoms with van der Waals surface area (Å²) in [5.74, 6) is 2.05. The third-order valence-electron chi connectivity index (χ3n) is 4.25. The molecule has 8 heteroatoms. The van der Waals surface area contributed by atoms with Gasteiger partial charge in [0.2, 0.25) is 0 Å². The molecule has 2 heterocycles. The molecule has 1 unspecified atom stereocenters. The molecule has 1 amide bonds. The van der Waals surface area contributed by atoms with Gasteiger partial charge in [-0.15, -0.1) is 0 Å². The second kappa shape index (κ2) is 8.68. The van der Waals surface area contributed by atoms with Crippen molar-refractivity contribution in [1.29, 1.82) is 0 Å². The van der Waals surface area contributed by atoms with E-state index >= 15 is 0 Å². The molecule has 1 saturated heterocycles. The van der Waals surface area contributed by atoms with Gasteiger partial charge in [-0.05, 0) is 31.9 Å². The standard InChI is InChI=1S/C19H24N4O4/c1-12-21-16(19(24)20-11-14-5-4-8-27-14)10-18(22-12)23-15-9-13(25-2)6-7-17(15)26-3/h6-7,9-10,14H,4-5,8,11H2,1-3H3,(H,20,24)(H,21,22,23). The minimum absolute atomic E-state index is 0.0792. The van der Waals surface area contributed by atoms with Gasteiger partial charge in [-0.2, -0.15) is 0 Å². The molecule has 2 aromatic rings. The smallest absolute Gasteiger partial charge is 0.270 e. The van der Waals surface area contributed by atoms with Crippen molar-refractivity contribution in [3.05, 3.63) is 35.8 Å². The fourth-order valence-corrected chi connectivity index (χ4v) is 2.90. The Morgan fingerprint density at radius 1 is 1.26 bits per heavy atom. The summed E-state index contributed by atoms with van der Waals surface area (Å²) in [5, 5.41) is 6.04. The summed E-state index contributed by atoms with van der Waals surface area (Å²) >= 11 is 0. The predicted molar refractivity (Wildman–Crippen MR) is 101 cm³/mol. The summed E-state index contributed by atoms with van der Waals surface area (Å²) in [7, 11) is 3.18. The molecule has 0 aliphatic carbocycles. The van der Waals surface area contributed by atoms with E-state index in [2.05, 4.69) is 20.6 Å². The zero-order valence-corrected chi connectivity index (χ0v) is 15.7. The number of aromatic nitrogens is 2. The van der Waals surface area contributed by atoms with Crippen LogP contribution in [0.1, 0.15) is 29.2 Å². The number of benzene rings is 1. The van der Waals surface area contributed by atoms with E-state index in [0.717, 1.165) is 19.4 Å². The van der Waals surface area contributed by atoms with Gasteiger partial charge in [0.25, 0.3) is 5.91 Å². The van der Waals surface area contributed by atoms with E-state index in [0.29, 0.717) is 41.1 Å². The zero-order chi connectivity index (χ0) is 19.2. The highest BCUT2D eigenvalue weighted by molar-refractivity contribution is 5.93. The molecule has 144 valence electrons. The lowest BCUT2D eigenvalue weighted by Gasteiger charge is -2.14. The van der Waals surface area contributed by atoms with Gasteiger partial charge in [-0.25, -0.2) is 9.97 Å². The molecule has 1 aromatic carbocycles. The Morgan fingerprint density at radius 2 is 2.11 bits per heavy atom. The highest BCUT2D eigenvalue weighted by Crippen LogP contribution is 2.31. The average Bonchev–Trinajstić information content (AvgIpc) is 3.19. The first-order valence-corrected chi connectivity index (χ1v) is 8.83. The number of hydrogen-bond acceptors (Lipinski definition) is 7. The van der Waals surface area contributed by atoms with E-state index in [1.165, 1.54) is 0 Å². The highest BCUT2D eigenvalue weighted by atomic mass is 16.5. The summed E-state index contributed by atoms with van der Waals surface area (Å²) in [4.78, 5) is 21.0. The largest absolute Gasteiger partial charge is 0.497 e. The van der Waals surface area contributed by atoms with Crippen LogP contribution in [-0.4, -0.2) is 49.4 Å². The van der Waals surface area contributed by atoms with Crippen molar-refractivity contribution < 1.29 is 19.0 Å². The number of nitrogens with zero attached hydrogens (tertiary/aromatic N) is 2. The molecule has 2 N–H and O–H groups in total. The summed E-state index contributed by atoms with van der Waals surface area (Å²) in [6, 6.07) is 7.01. The zero-order valence-electron chi connectivity index (χ0n) is 15.7. The Kier molecular flexibility index (Phi) is 6.08. The van der Waals surface area contributed by atoms with Crippen LogP contribution in [-0.2, 0) is 4.74 Å². The number of ether oxygens (including phenoxy) is 3. The molecule has 0 spiro atoms. The highest BCUT2D eigenvalue weighted by Gasteiger charge is 2.18. The molecule has 8 nitrogen and oxygen atoms in total. The second-order valence-corrected chi connectivity index (χ2v) is 6.22. The number of aryl methyl sites for hydroxylation is 1. The van der Waals surface area contributed by atoms with Crippen LogP contribution >= 0.6 is 0 Å². The number of anilines is 2. The molecule has 1 atom stereocenters. The van der Waals surface area contributed by atoms with E-state index in [-0.39, 0.29) is 12.0 Å². The third-order valence-corrected chi connectivity index (χ3v) is 4.25. The Hall–Kier alpha value is -2.87. The molecule has 3 rings (SSSR count). The van der Waals surface area contributed by atoms with Crippen LogP contribution in [0.2, 0.25) is 0 Å². The predicted octanol–water partition coefficient (Wildman–Crippen LogP) is 2.45. The van der Waals surface area contributed by atoms with Gasteiger partial charge < -0.3 is 24.8 Å². The normalized spacial score (nSPS) is 16.0. The fourth-order valence-electron chi connectivity index (χ4n) is 2.90. The van der Waals surface area contributed by atoms with Gasteiger partial charge in [0.15, 0.2) is 0 Å². The number of nitrogens with one attached hydrogen (secondary N) is 2. The number of carbonyl (C=O) groups is 1. The van der Waals surface area contributed by atoms with E-state index < -0.39 is 0 Å². The lowest BCUT2D eigenvalue weighted by atomic mass is 10.2. The van der Waals surface area contributed by atoms with Crippen molar-refractivity contribution >= 4 is 17.4 Å². The van der Waals surface area contributed by atoms with Crippen molar-refractivity contribution in [3.8, 4) is 11.5 Å². The van der Waals surface area contributed by atoms with Crippen LogP contribution < -0.4 is 20.1 Å². The van der Waals surface area contributed by atoms with E-state index in [9.17, 15) is 4.79 Å². The number of methoxy groups -OCH3 is 2. The van der Waals surface area contributed by atoms with Crippen molar-refractivity contribution in [2.75, 3.05) is 32.7 Å². The van der Waals surface area contributed by atoms with E-state index in [1.54, 1.807) is 45.4 Å². The number of hydrogen-bond donors (Lipinski definition) is 2. The van der Waals surface area contributed by atoms with Crippen LogP contribution in [0, 0.1) is 6.92 Å². The molecule has 1 aliphatic heterocycles. The first-order valence-electron chi connectivity index (χ1n) is 8.83. The fraction of sp³-hybridized carbons (Fsp3) is 0.421. The van der Waals surface area contributed by atoms with Crippen molar-refractivity contribution in [1.82, 2.24) is 15.3 Å². The Morgan fingerprint density at radius 3 is 2.81 bits per heavy atom. The molecule has 27 heavy (non-hydrogen) atoms. The third kappa shape index (κ3) is 4.85. The lowest BCUT2D eigenvalue weighted by molar-refractivity contribution is 0.0853. The van der Waals surface area contributed by atoms with Gasteiger partial charge in [-0.3, -0.25) is 4.79 Å². The van der Waals surface area contributed by atoms with Crippen LogP contribution in [0.4, 0.5) is 11.5 Å². The molecule has 0 radical (unpaired) electrons. The molecular weight excluding hydrogens is 348 g/mol. The topological polar surface area (TPSA) is 94.6 Å². The van der Waals surface area contributed by atoms with E-state index in [4.69, 9.17) is 14.2 Å². The maximum atomic E-state index is 12.5. The molecule has 0 bridgehead atoms. The number of rotatable bonds is 7. The lowest BCUT2D eigenvalue weighted by Crippen LogP contribution is -2.32. The summed E-state index contributed by atoms with van der Waals surface area (Å²) in [6.45, 7) is 2.97. The number of amides is 1. The molecule has 1 aromatic heterocycles. The van der Waals surface area contributed by atoms with Gasteiger partial charge in [0.05, 0.1) is 26.0 Å². The minimum atomic E-state index is -0.253. The maximum absolute atomic E-state index is 12.5. The van der Waals surface area contributed by atoms with Gasteiger partial charge in [0, 0.05) is 25.3 Å². The van der Waals surface area contributed by atoms with Crippen LogP contribution in [0.3, 0.4) is 0 Å². The van der Waals surface area contributed by atoms with Crippen molar-refractivity contribution in [2.24, 2.45) is 0 Å². The van der Waals surface area contributed by atoms with Crippen molar-refractivity contribution in [3.63, 3.8) is 0 Å². The summed E-state index contributed by atoms with van der Waals surface area (Å²) < 4.78 is 16.1. The molecule has 1 aliphatic rings. The SMILES string of the molecule is COc1ccc(OC)c(Nc2cc(C(=O)NCC3CCCO3)nc(C)n2)c1. The second-order valence-electron chi connectivity index (χ2n) is 6.22. The quantitative estimate of drug-likeness (QED) is 0.771. The first kappa shape index (κ1) is 18.9. The maximum Gasteiger partial charge on any atom is 0.270 e. The Bertz CT molecular complexity index is 806. The van der Waals surface area contributed by atoms with Crippen LogP contribution in [0.25, 0.3) is 0 Å². The van der Waals surface area contributed by atoms with Gasteiger partial charge in [0.1, 0.15) is 28.8 Å². The Labute approximate surface area is 158 Å². The molecule has 1 fully saturated rings. The summed E-state index contributed by atoms with van der Waals surface area (Å²) in [5.41, 5.74) is 0.977. The molecular formula is C19H24N4O4. The van der Waals surface area contributed by atoms with Crippen LogP contribution in [0.5, 0.6) is 11.5 Å². The minimum Gasteiger partial charge on any atom is -0.497 e. The van der Waals surface area contributed by atoms with Crippen molar-refractivity contribution in [2.45, 2.75) is 25.9 Å². The van der Waals surface area contributed by atoms with E-state index in [1.807, 2.05) is 0 Å². The Balaban J connectivity index is 1.76. The monoisotopic (exact) mass is 372 g/mol. The average molecular weight is 372 g/mol. The first-order chi connectivity index (χ1) is 13.1. The van der Waals surface area contributed by atoms with Gasteiger partial charge >= 0.3 is 0 Å². The number of carbonyl (C=O) groups excluding carboxylic acids is 1. The van der Waals surface area contributed by atoms with Gasteiger partial charge in [-0.1, -0.05) is 0 Å². The van der Waals surface area contributed by atoms with Crippen LogP contribution in [0.15, 0.2) is 24.3 Å². The molecule has 0 saturated carbocycles.